The molecule has 126 valence electrons. The molecule has 3 aromatic rings. The van der Waals surface area contributed by atoms with Crippen molar-refractivity contribution in [3.05, 3.63) is 77.4 Å². The molecule has 0 saturated heterocycles. The molecule has 2 amide bonds. The zero-order chi connectivity index (χ0) is 17.8. The van der Waals surface area contributed by atoms with Crippen LogP contribution in [0.15, 0.2) is 54.9 Å². The third-order valence-corrected chi connectivity index (χ3v) is 3.87. The quantitative estimate of drug-likeness (QED) is 0.682. The average molecular weight is 334 g/mol. The fourth-order valence-electron chi connectivity index (χ4n) is 2.43. The van der Waals surface area contributed by atoms with Crippen molar-refractivity contribution in [1.82, 2.24) is 9.97 Å². The lowest BCUT2D eigenvalue weighted by Crippen LogP contribution is -2.21. The number of H-pyrrole nitrogens is 1. The van der Waals surface area contributed by atoms with Gasteiger partial charge in [-0.15, -0.1) is 0 Å². The van der Waals surface area contributed by atoms with Gasteiger partial charge < -0.3 is 15.6 Å². The standard InChI is InChI=1S/C19H18N4O2/c1-12-7-3-5-9-14(12)22-18(24)16-17(21-11-20-16)19(25)23-15-10-6-4-8-13(15)2/h3-11H,1-2H3,(H,20,21)(H,22,24)(H,23,25). The van der Waals surface area contributed by atoms with Crippen LogP contribution in [-0.4, -0.2) is 21.8 Å². The minimum Gasteiger partial charge on any atom is -0.340 e. The molecule has 3 N–H and O–H groups in total. The van der Waals surface area contributed by atoms with Gasteiger partial charge in [0, 0.05) is 11.4 Å². The summed E-state index contributed by atoms with van der Waals surface area (Å²) in [6, 6.07) is 14.8. The van der Waals surface area contributed by atoms with Crippen molar-refractivity contribution in [2.24, 2.45) is 0 Å². The number of aromatic amines is 1. The molecule has 0 unspecified atom stereocenters. The van der Waals surface area contributed by atoms with Crippen molar-refractivity contribution in [3.8, 4) is 0 Å². The van der Waals surface area contributed by atoms with Crippen molar-refractivity contribution >= 4 is 23.2 Å². The van der Waals surface area contributed by atoms with Gasteiger partial charge in [-0.1, -0.05) is 36.4 Å². The van der Waals surface area contributed by atoms with E-state index >= 15 is 0 Å². The second kappa shape index (κ2) is 7.00. The topological polar surface area (TPSA) is 86.9 Å². The summed E-state index contributed by atoms with van der Waals surface area (Å²) in [5, 5.41) is 5.57. The highest BCUT2D eigenvalue weighted by Crippen LogP contribution is 2.17. The molecule has 0 radical (unpaired) electrons. The third kappa shape index (κ3) is 3.58. The van der Waals surface area contributed by atoms with Crippen LogP contribution in [0.5, 0.6) is 0 Å². The Bertz CT molecular complexity index is 856. The molecular formula is C19H18N4O2. The minimum atomic E-state index is -0.439. The highest BCUT2D eigenvalue weighted by molar-refractivity contribution is 6.13. The van der Waals surface area contributed by atoms with Crippen LogP contribution in [0.3, 0.4) is 0 Å². The maximum absolute atomic E-state index is 12.5. The van der Waals surface area contributed by atoms with Gasteiger partial charge in [0.25, 0.3) is 11.8 Å². The summed E-state index contributed by atoms with van der Waals surface area (Å²) in [7, 11) is 0. The number of carbonyl (C=O) groups excluding carboxylic acids is 2. The van der Waals surface area contributed by atoms with E-state index in [1.807, 2.05) is 50.2 Å². The SMILES string of the molecule is Cc1ccccc1NC(=O)c1nc[nH]c1C(=O)Nc1ccccc1C. The Hall–Kier alpha value is -3.41. The molecule has 2 aromatic carbocycles. The van der Waals surface area contributed by atoms with E-state index in [1.54, 1.807) is 12.1 Å². The maximum atomic E-state index is 12.5. The van der Waals surface area contributed by atoms with Gasteiger partial charge in [0.2, 0.25) is 0 Å². The molecule has 0 bridgehead atoms. The van der Waals surface area contributed by atoms with E-state index in [-0.39, 0.29) is 11.4 Å². The van der Waals surface area contributed by atoms with Crippen LogP contribution in [0, 0.1) is 13.8 Å². The van der Waals surface area contributed by atoms with Gasteiger partial charge in [0.05, 0.1) is 6.33 Å². The van der Waals surface area contributed by atoms with Crippen molar-refractivity contribution in [2.75, 3.05) is 10.6 Å². The number of benzene rings is 2. The summed E-state index contributed by atoms with van der Waals surface area (Å²) in [5.41, 5.74) is 3.40. The van der Waals surface area contributed by atoms with Crippen LogP contribution < -0.4 is 10.6 Å². The Balaban J connectivity index is 1.80. The number of nitrogens with one attached hydrogen (secondary N) is 3. The van der Waals surface area contributed by atoms with Gasteiger partial charge in [-0.25, -0.2) is 4.98 Å². The number of aromatic nitrogens is 2. The molecule has 0 fully saturated rings. The monoisotopic (exact) mass is 334 g/mol. The summed E-state index contributed by atoms with van der Waals surface area (Å²) >= 11 is 0. The number of para-hydroxylation sites is 2. The Kier molecular flexibility index (Phi) is 4.61. The number of carbonyl (C=O) groups is 2. The van der Waals surface area contributed by atoms with Gasteiger partial charge in [-0.3, -0.25) is 9.59 Å². The van der Waals surface area contributed by atoms with Crippen molar-refractivity contribution in [3.63, 3.8) is 0 Å². The molecule has 0 spiro atoms. The molecule has 1 heterocycles. The first kappa shape index (κ1) is 16.4. The van der Waals surface area contributed by atoms with Crippen LogP contribution in [0.1, 0.15) is 32.1 Å². The van der Waals surface area contributed by atoms with Gasteiger partial charge in [0.1, 0.15) is 5.69 Å². The van der Waals surface area contributed by atoms with Gasteiger partial charge in [-0.2, -0.15) is 0 Å². The predicted molar refractivity (Wildman–Crippen MR) is 96.9 cm³/mol. The molecule has 6 nitrogen and oxygen atoms in total. The first-order valence-corrected chi connectivity index (χ1v) is 7.83. The van der Waals surface area contributed by atoms with Crippen LogP contribution in [0.2, 0.25) is 0 Å². The molecule has 0 aliphatic carbocycles. The molecule has 0 atom stereocenters. The Morgan fingerprint density at radius 3 is 1.92 bits per heavy atom. The van der Waals surface area contributed by atoms with Crippen LogP contribution in [0.25, 0.3) is 0 Å². The third-order valence-electron chi connectivity index (χ3n) is 3.87. The summed E-state index contributed by atoms with van der Waals surface area (Å²) in [5.74, 6) is -0.854. The Morgan fingerprint density at radius 1 is 0.840 bits per heavy atom. The van der Waals surface area contributed by atoms with Crippen molar-refractivity contribution in [2.45, 2.75) is 13.8 Å². The number of amides is 2. The number of hydrogen-bond donors (Lipinski definition) is 3. The number of hydrogen-bond acceptors (Lipinski definition) is 3. The summed E-state index contributed by atoms with van der Waals surface area (Å²) in [4.78, 5) is 31.7. The van der Waals surface area contributed by atoms with E-state index in [4.69, 9.17) is 0 Å². The van der Waals surface area contributed by atoms with Crippen LogP contribution >= 0.6 is 0 Å². The lowest BCUT2D eigenvalue weighted by molar-refractivity contribution is 0.0985. The maximum Gasteiger partial charge on any atom is 0.276 e. The second-order valence-corrected chi connectivity index (χ2v) is 5.66. The van der Waals surface area contributed by atoms with Crippen molar-refractivity contribution < 1.29 is 9.59 Å². The summed E-state index contributed by atoms with van der Waals surface area (Å²) in [6.45, 7) is 3.79. The summed E-state index contributed by atoms with van der Waals surface area (Å²) < 4.78 is 0. The van der Waals surface area contributed by atoms with Gasteiger partial charge in [-0.05, 0) is 37.1 Å². The van der Waals surface area contributed by atoms with Gasteiger partial charge in [0.15, 0.2) is 5.69 Å². The summed E-state index contributed by atoms with van der Waals surface area (Å²) in [6.07, 6.45) is 1.33. The molecule has 6 heteroatoms. The van der Waals surface area contributed by atoms with Crippen LogP contribution in [0.4, 0.5) is 11.4 Å². The second-order valence-electron chi connectivity index (χ2n) is 5.66. The number of nitrogens with zero attached hydrogens (tertiary/aromatic N) is 1. The number of imidazole rings is 1. The molecule has 0 saturated carbocycles. The predicted octanol–water partition coefficient (Wildman–Crippen LogP) is 3.53. The fourth-order valence-corrected chi connectivity index (χ4v) is 2.43. The largest absolute Gasteiger partial charge is 0.340 e. The molecule has 3 rings (SSSR count). The number of aryl methyl sites for hydroxylation is 2. The first-order chi connectivity index (χ1) is 12.1. The fraction of sp³-hybridized carbons (Fsp3) is 0.105. The van der Waals surface area contributed by atoms with E-state index in [2.05, 4.69) is 20.6 Å². The number of rotatable bonds is 4. The molecule has 0 aliphatic rings. The van der Waals surface area contributed by atoms with Crippen LogP contribution in [-0.2, 0) is 0 Å². The average Bonchev–Trinajstić information content (AvgIpc) is 3.09. The molecule has 1 aromatic heterocycles. The molecule has 0 aliphatic heterocycles. The number of anilines is 2. The van der Waals surface area contributed by atoms with E-state index < -0.39 is 11.8 Å². The Morgan fingerprint density at radius 2 is 1.36 bits per heavy atom. The van der Waals surface area contributed by atoms with Gasteiger partial charge >= 0.3 is 0 Å². The zero-order valence-electron chi connectivity index (χ0n) is 14.0. The Labute approximate surface area is 145 Å². The zero-order valence-corrected chi connectivity index (χ0v) is 14.0. The van der Waals surface area contributed by atoms with E-state index in [9.17, 15) is 9.59 Å². The minimum absolute atomic E-state index is 0.0503. The normalized spacial score (nSPS) is 10.3. The smallest absolute Gasteiger partial charge is 0.276 e. The first-order valence-electron chi connectivity index (χ1n) is 7.83. The van der Waals surface area contributed by atoms with E-state index in [1.165, 1.54) is 6.33 Å². The lowest BCUT2D eigenvalue weighted by atomic mass is 10.2. The highest BCUT2D eigenvalue weighted by Gasteiger charge is 2.21. The lowest BCUT2D eigenvalue weighted by Gasteiger charge is -2.09. The highest BCUT2D eigenvalue weighted by atomic mass is 16.2. The van der Waals surface area contributed by atoms with E-state index in [0.717, 1.165) is 11.1 Å². The van der Waals surface area contributed by atoms with E-state index in [0.29, 0.717) is 11.4 Å². The van der Waals surface area contributed by atoms with Crippen molar-refractivity contribution in [1.29, 1.82) is 0 Å². The molecular weight excluding hydrogens is 316 g/mol. The molecule has 25 heavy (non-hydrogen) atoms.